The van der Waals surface area contributed by atoms with Gasteiger partial charge in [0.1, 0.15) is 6.54 Å². The summed E-state index contributed by atoms with van der Waals surface area (Å²) in [5, 5.41) is 11.8. The van der Waals surface area contributed by atoms with Crippen molar-refractivity contribution in [2.45, 2.75) is 26.9 Å². The predicted octanol–water partition coefficient (Wildman–Crippen LogP) is 4.38. The van der Waals surface area contributed by atoms with Crippen molar-refractivity contribution in [1.29, 1.82) is 0 Å². The van der Waals surface area contributed by atoms with Gasteiger partial charge in [0.05, 0.1) is 11.8 Å². The second-order valence-corrected chi connectivity index (χ2v) is 7.10. The highest BCUT2D eigenvalue weighted by Crippen LogP contribution is 2.28. The summed E-state index contributed by atoms with van der Waals surface area (Å²) in [6.07, 6.45) is 1.55. The molecule has 3 heterocycles. The van der Waals surface area contributed by atoms with Gasteiger partial charge in [-0.1, -0.05) is 23.7 Å². The Bertz CT molecular complexity index is 1130. The van der Waals surface area contributed by atoms with E-state index in [-0.39, 0.29) is 12.5 Å². The Kier molecular flexibility index (Phi) is 5.22. The summed E-state index contributed by atoms with van der Waals surface area (Å²) in [6, 6.07) is 12.8. The fraction of sp³-hybridized carbons (Fsp3) is 0.190. The molecular weight excluding hydrogens is 392 g/mol. The van der Waals surface area contributed by atoms with E-state index in [4.69, 9.17) is 20.4 Å². The standard InChI is InChI=1S/C21H19ClN4O3/c1-13-10-17(20-24-25-21(29-20)18-4-3-9-28-18)14(2)26(13)12-19(27)23-11-15-5-7-16(22)8-6-15/h3-10H,11-12H2,1-2H3,(H,23,27). The van der Waals surface area contributed by atoms with E-state index in [9.17, 15) is 4.79 Å². The molecule has 1 aromatic carbocycles. The van der Waals surface area contributed by atoms with Gasteiger partial charge >= 0.3 is 0 Å². The van der Waals surface area contributed by atoms with E-state index in [1.807, 2.05) is 36.6 Å². The maximum atomic E-state index is 12.4. The number of nitrogens with one attached hydrogen (secondary N) is 1. The van der Waals surface area contributed by atoms with Crippen LogP contribution in [0.4, 0.5) is 0 Å². The highest BCUT2D eigenvalue weighted by Gasteiger charge is 2.19. The quantitative estimate of drug-likeness (QED) is 0.509. The van der Waals surface area contributed by atoms with Crippen molar-refractivity contribution < 1.29 is 13.6 Å². The summed E-state index contributed by atoms with van der Waals surface area (Å²) < 4.78 is 13.0. The Balaban J connectivity index is 1.47. The number of amides is 1. The second-order valence-electron chi connectivity index (χ2n) is 6.66. The molecule has 3 aromatic heterocycles. The van der Waals surface area contributed by atoms with Crippen molar-refractivity contribution in [3.8, 4) is 23.1 Å². The molecule has 29 heavy (non-hydrogen) atoms. The second kappa shape index (κ2) is 7.97. The van der Waals surface area contributed by atoms with Gasteiger partial charge in [0.15, 0.2) is 5.76 Å². The lowest BCUT2D eigenvalue weighted by atomic mass is 10.2. The van der Waals surface area contributed by atoms with Crippen molar-refractivity contribution in [2.75, 3.05) is 0 Å². The van der Waals surface area contributed by atoms with E-state index in [0.29, 0.717) is 29.1 Å². The van der Waals surface area contributed by atoms with Crippen LogP contribution in [-0.4, -0.2) is 20.7 Å². The van der Waals surface area contributed by atoms with Gasteiger partial charge in [-0.25, -0.2) is 0 Å². The van der Waals surface area contributed by atoms with Gasteiger partial charge in [-0.3, -0.25) is 4.79 Å². The van der Waals surface area contributed by atoms with Crippen molar-refractivity contribution >= 4 is 17.5 Å². The molecule has 7 nitrogen and oxygen atoms in total. The molecule has 0 saturated heterocycles. The van der Waals surface area contributed by atoms with Crippen LogP contribution in [0.5, 0.6) is 0 Å². The lowest BCUT2D eigenvalue weighted by Crippen LogP contribution is -2.27. The highest BCUT2D eigenvalue weighted by atomic mass is 35.5. The number of aryl methyl sites for hydroxylation is 1. The van der Waals surface area contributed by atoms with Crippen LogP contribution < -0.4 is 5.32 Å². The van der Waals surface area contributed by atoms with Crippen molar-refractivity contribution in [3.05, 3.63) is 70.7 Å². The monoisotopic (exact) mass is 410 g/mol. The van der Waals surface area contributed by atoms with Crippen LogP contribution in [0.3, 0.4) is 0 Å². The molecule has 0 aliphatic carbocycles. The fourth-order valence-corrected chi connectivity index (χ4v) is 3.22. The number of carbonyl (C=O) groups is 1. The summed E-state index contributed by atoms with van der Waals surface area (Å²) >= 11 is 5.89. The zero-order chi connectivity index (χ0) is 20.4. The first-order valence-electron chi connectivity index (χ1n) is 9.07. The molecule has 0 saturated carbocycles. The van der Waals surface area contributed by atoms with E-state index in [1.165, 1.54) is 0 Å². The molecule has 0 aliphatic rings. The Hall–Kier alpha value is -3.32. The van der Waals surface area contributed by atoms with Crippen molar-refractivity contribution in [2.24, 2.45) is 0 Å². The maximum absolute atomic E-state index is 12.4. The van der Waals surface area contributed by atoms with Gasteiger partial charge in [-0.15, -0.1) is 10.2 Å². The molecule has 0 spiro atoms. The number of carbonyl (C=O) groups excluding carboxylic acids is 1. The normalized spacial score (nSPS) is 11.0. The van der Waals surface area contributed by atoms with Crippen LogP contribution >= 0.6 is 11.6 Å². The zero-order valence-electron chi connectivity index (χ0n) is 16.0. The third-order valence-corrected chi connectivity index (χ3v) is 4.92. The van der Waals surface area contributed by atoms with Crippen molar-refractivity contribution in [3.63, 3.8) is 0 Å². The smallest absolute Gasteiger partial charge is 0.283 e. The number of furan rings is 1. The van der Waals surface area contributed by atoms with Crippen LogP contribution in [0.1, 0.15) is 17.0 Å². The highest BCUT2D eigenvalue weighted by molar-refractivity contribution is 6.30. The Morgan fingerprint density at radius 3 is 2.62 bits per heavy atom. The zero-order valence-corrected chi connectivity index (χ0v) is 16.7. The van der Waals surface area contributed by atoms with Gasteiger partial charge in [-0.05, 0) is 49.7 Å². The van der Waals surface area contributed by atoms with Crippen LogP contribution in [0, 0.1) is 13.8 Å². The van der Waals surface area contributed by atoms with Gasteiger partial charge in [0.25, 0.3) is 5.89 Å². The predicted molar refractivity (Wildman–Crippen MR) is 108 cm³/mol. The number of hydrogen-bond acceptors (Lipinski definition) is 5. The molecule has 0 unspecified atom stereocenters. The Labute approximate surface area is 172 Å². The number of nitrogens with zero attached hydrogens (tertiary/aromatic N) is 3. The number of rotatable bonds is 6. The fourth-order valence-electron chi connectivity index (χ4n) is 3.10. The van der Waals surface area contributed by atoms with Gasteiger partial charge in [0.2, 0.25) is 11.8 Å². The Morgan fingerprint density at radius 2 is 1.90 bits per heavy atom. The summed E-state index contributed by atoms with van der Waals surface area (Å²) in [6.45, 7) is 4.50. The molecule has 148 valence electrons. The molecule has 0 aliphatic heterocycles. The minimum absolute atomic E-state index is 0.0879. The number of benzene rings is 1. The molecule has 1 amide bonds. The van der Waals surface area contributed by atoms with Crippen LogP contribution in [-0.2, 0) is 17.9 Å². The summed E-state index contributed by atoms with van der Waals surface area (Å²) in [5.74, 6) is 1.13. The molecule has 0 fully saturated rings. The molecule has 4 rings (SSSR count). The molecular formula is C21H19ClN4O3. The molecule has 0 atom stereocenters. The SMILES string of the molecule is Cc1cc(-c2nnc(-c3ccco3)o2)c(C)n1CC(=O)NCc1ccc(Cl)cc1. The maximum Gasteiger partial charge on any atom is 0.283 e. The molecule has 0 radical (unpaired) electrons. The van der Waals surface area contributed by atoms with Gasteiger partial charge in [0, 0.05) is 23.0 Å². The first-order valence-corrected chi connectivity index (χ1v) is 9.44. The average molecular weight is 411 g/mol. The van der Waals surface area contributed by atoms with Gasteiger partial charge < -0.3 is 18.7 Å². The summed E-state index contributed by atoms with van der Waals surface area (Å²) in [7, 11) is 0. The molecule has 8 heteroatoms. The Morgan fingerprint density at radius 1 is 1.14 bits per heavy atom. The minimum Gasteiger partial charge on any atom is -0.459 e. The minimum atomic E-state index is -0.0879. The third kappa shape index (κ3) is 4.09. The third-order valence-electron chi connectivity index (χ3n) is 4.67. The molecule has 4 aromatic rings. The summed E-state index contributed by atoms with van der Waals surface area (Å²) in [4.78, 5) is 12.4. The number of hydrogen-bond donors (Lipinski definition) is 1. The molecule has 0 bridgehead atoms. The lowest BCUT2D eigenvalue weighted by Gasteiger charge is -2.10. The van der Waals surface area contributed by atoms with Crippen LogP contribution in [0.15, 0.2) is 57.6 Å². The van der Waals surface area contributed by atoms with E-state index in [1.54, 1.807) is 30.5 Å². The topological polar surface area (TPSA) is 86.1 Å². The number of halogens is 1. The van der Waals surface area contributed by atoms with Crippen molar-refractivity contribution in [1.82, 2.24) is 20.1 Å². The van der Waals surface area contributed by atoms with Crippen LogP contribution in [0.2, 0.25) is 5.02 Å². The first-order chi connectivity index (χ1) is 14.0. The van der Waals surface area contributed by atoms with E-state index in [2.05, 4.69) is 15.5 Å². The first kappa shape index (κ1) is 19.0. The largest absolute Gasteiger partial charge is 0.459 e. The van der Waals surface area contributed by atoms with E-state index in [0.717, 1.165) is 22.5 Å². The lowest BCUT2D eigenvalue weighted by molar-refractivity contribution is -0.121. The van der Waals surface area contributed by atoms with Crippen LogP contribution in [0.25, 0.3) is 23.1 Å². The van der Waals surface area contributed by atoms with E-state index >= 15 is 0 Å². The molecule has 1 N–H and O–H groups in total. The van der Waals surface area contributed by atoms with Gasteiger partial charge in [-0.2, -0.15) is 0 Å². The number of aromatic nitrogens is 3. The average Bonchev–Trinajstić information content (AvgIpc) is 3.44. The summed E-state index contributed by atoms with van der Waals surface area (Å²) in [5.41, 5.74) is 3.58. The van der Waals surface area contributed by atoms with E-state index < -0.39 is 0 Å².